The normalized spacial score (nSPS) is 10.3. The van der Waals surface area contributed by atoms with Crippen LogP contribution in [-0.2, 0) is 6.42 Å². The van der Waals surface area contributed by atoms with E-state index in [1.807, 2.05) is 30.3 Å². The molecule has 0 amide bonds. The summed E-state index contributed by atoms with van der Waals surface area (Å²) in [6.07, 6.45) is 2.06. The maximum absolute atomic E-state index is 11.7. The van der Waals surface area contributed by atoms with Crippen molar-refractivity contribution in [3.8, 4) is 5.69 Å². The average Bonchev–Trinajstić information content (AvgIpc) is 2.31. The molecule has 4 heteroatoms. The zero-order valence-corrected chi connectivity index (χ0v) is 8.71. The van der Waals surface area contributed by atoms with E-state index in [9.17, 15) is 4.79 Å². The van der Waals surface area contributed by atoms with Crippen LogP contribution in [0.4, 0.5) is 0 Å². The summed E-state index contributed by atoms with van der Waals surface area (Å²) in [6.45, 7) is 0.0243. The highest BCUT2D eigenvalue weighted by molar-refractivity contribution is 5.30. The maximum atomic E-state index is 11.7. The van der Waals surface area contributed by atoms with Crippen molar-refractivity contribution >= 4 is 0 Å². The van der Waals surface area contributed by atoms with Gasteiger partial charge in [0.2, 0.25) is 0 Å². The molecule has 1 N–H and O–H groups in total. The standard InChI is InChI=1S/C12H12N2O2/c15-7-6-10-8-12(16)14(13-9-10)11-4-2-1-3-5-11/h1-5,8-9,15H,6-7H2. The van der Waals surface area contributed by atoms with Crippen molar-refractivity contribution in [1.29, 1.82) is 0 Å². The molecule has 0 saturated heterocycles. The molecule has 0 atom stereocenters. The van der Waals surface area contributed by atoms with Crippen molar-refractivity contribution in [1.82, 2.24) is 9.78 Å². The summed E-state index contributed by atoms with van der Waals surface area (Å²) in [5.41, 5.74) is 1.31. The van der Waals surface area contributed by atoms with Gasteiger partial charge in [0.25, 0.3) is 5.56 Å². The minimum absolute atomic E-state index is 0.0243. The second kappa shape index (κ2) is 4.72. The van der Waals surface area contributed by atoms with Crippen LogP contribution in [0.25, 0.3) is 5.69 Å². The molecule has 2 rings (SSSR count). The zero-order valence-electron chi connectivity index (χ0n) is 8.71. The van der Waals surface area contributed by atoms with Gasteiger partial charge in [0, 0.05) is 12.7 Å². The lowest BCUT2D eigenvalue weighted by molar-refractivity contribution is 0.299. The van der Waals surface area contributed by atoms with E-state index in [0.717, 1.165) is 11.3 Å². The Bertz CT molecular complexity index is 520. The molecule has 16 heavy (non-hydrogen) atoms. The van der Waals surface area contributed by atoms with Gasteiger partial charge in [0.05, 0.1) is 11.9 Å². The fourth-order valence-electron chi connectivity index (χ4n) is 1.47. The van der Waals surface area contributed by atoms with Crippen molar-refractivity contribution < 1.29 is 5.11 Å². The quantitative estimate of drug-likeness (QED) is 0.824. The Morgan fingerprint density at radius 3 is 2.62 bits per heavy atom. The van der Waals surface area contributed by atoms with E-state index >= 15 is 0 Å². The van der Waals surface area contributed by atoms with Crippen molar-refractivity contribution in [2.75, 3.05) is 6.61 Å². The summed E-state index contributed by atoms with van der Waals surface area (Å²) < 4.78 is 1.33. The number of hydrogen-bond acceptors (Lipinski definition) is 3. The molecule has 0 unspecified atom stereocenters. The number of rotatable bonds is 3. The highest BCUT2D eigenvalue weighted by Gasteiger charge is 2.01. The van der Waals surface area contributed by atoms with Crippen molar-refractivity contribution in [3.63, 3.8) is 0 Å². The minimum atomic E-state index is -0.183. The van der Waals surface area contributed by atoms with E-state index < -0.39 is 0 Å². The van der Waals surface area contributed by atoms with Crippen LogP contribution in [-0.4, -0.2) is 21.5 Å². The first-order valence-electron chi connectivity index (χ1n) is 5.06. The topological polar surface area (TPSA) is 55.1 Å². The second-order valence-corrected chi connectivity index (χ2v) is 3.42. The molecular weight excluding hydrogens is 204 g/mol. The van der Waals surface area contributed by atoms with Gasteiger partial charge in [0.15, 0.2) is 0 Å². The van der Waals surface area contributed by atoms with Crippen LogP contribution in [0.5, 0.6) is 0 Å². The summed E-state index contributed by atoms with van der Waals surface area (Å²) in [5, 5.41) is 12.8. The summed E-state index contributed by atoms with van der Waals surface area (Å²) in [4.78, 5) is 11.7. The van der Waals surface area contributed by atoms with E-state index in [0.29, 0.717) is 6.42 Å². The predicted octanol–water partition coefficient (Wildman–Crippen LogP) is 0.767. The molecule has 0 saturated carbocycles. The Balaban J connectivity index is 2.41. The van der Waals surface area contributed by atoms with Crippen LogP contribution < -0.4 is 5.56 Å². The smallest absolute Gasteiger partial charge is 0.271 e. The fraction of sp³-hybridized carbons (Fsp3) is 0.167. The van der Waals surface area contributed by atoms with Gasteiger partial charge in [-0.1, -0.05) is 18.2 Å². The van der Waals surface area contributed by atoms with Gasteiger partial charge in [-0.3, -0.25) is 4.79 Å². The van der Waals surface area contributed by atoms with E-state index in [1.165, 1.54) is 10.7 Å². The van der Waals surface area contributed by atoms with Crippen LogP contribution in [0.1, 0.15) is 5.56 Å². The van der Waals surface area contributed by atoms with E-state index in [4.69, 9.17) is 5.11 Å². The van der Waals surface area contributed by atoms with Crippen molar-refractivity contribution in [2.45, 2.75) is 6.42 Å². The lowest BCUT2D eigenvalue weighted by Crippen LogP contribution is -2.20. The third kappa shape index (κ3) is 2.17. The van der Waals surface area contributed by atoms with Crippen molar-refractivity contribution in [2.24, 2.45) is 0 Å². The minimum Gasteiger partial charge on any atom is -0.396 e. The number of benzene rings is 1. The molecule has 0 radical (unpaired) electrons. The average molecular weight is 216 g/mol. The van der Waals surface area contributed by atoms with Crippen LogP contribution in [0, 0.1) is 0 Å². The molecule has 4 nitrogen and oxygen atoms in total. The Hall–Kier alpha value is -1.94. The lowest BCUT2D eigenvalue weighted by atomic mass is 10.2. The number of aromatic nitrogens is 2. The van der Waals surface area contributed by atoms with Gasteiger partial charge in [-0.15, -0.1) is 0 Å². The SMILES string of the molecule is O=c1cc(CCO)cnn1-c1ccccc1. The third-order valence-electron chi connectivity index (χ3n) is 2.26. The lowest BCUT2D eigenvalue weighted by Gasteiger charge is -2.04. The molecule has 1 aromatic heterocycles. The van der Waals surface area contributed by atoms with Crippen molar-refractivity contribution in [3.05, 3.63) is 58.5 Å². The highest BCUT2D eigenvalue weighted by Crippen LogP contribution is 2.02. The third-order valence-corrected chi connectivity index (χ3v) is 2.26. The Morgan fingerprint density at radius 2 is 2.00 bits per heavy atom. The van der Waals surface area contributed by atoms with Crippen LogP contribution in [0.15, 0.2) is 47.4 Å². The number of aliphatic hydroxyl groups is 1. The van der Waals surface area contributed by atoms with Gasteiger partial charge in [-0.25, -0.2) is 0 Å². The fourth-order valence-corrected chi connectivity index (χ4v) is 1.47. The number of nitrogens with zero attached hydrogens (tertiary/aromatic N) is 2. The molecule has 1 heterocycles. The van der Waals surface area contributed by atoms with Gasteiger partial charge >= 0.3 is 0 Å². The molecule has 0 bridgehead atoms. The largest absolute Gasteiger partial charge is 0.396 e. The van der Waals surface area contributed by atoms with Gasteiger partial charge in [-0.05, 0) is 24.1 Å². The summed E-state index contributed by atoms with van der Waals surface area (Å²) in [7, 11) is 0. The first-order valence-corrected chi connectivity index (χ1v) is 5.06. The molecule has 0 spiro atoms. The molecule has 0 aliphatic carbocycles. The van der Waals surface area contributed by atoms with Crippen LogP contribution in [0.2, 0.25) is 0 Å². The second-order valence-electron chi connectivity index (χ2n) is 3.42. The Morgan fingerprint density at radius 1 is 1.25 bits per heavy atom. The summed E-state index contributed by atoms with van der Waals surface area (Å²) >= 11 is 0. The predicted molar refractivity (Wildman–Crippen MR) is 60.6 cm³/mol. The number of para-hydroxylation sites is 1. The Labute approximate surface area is 92.8 Å². The Kier molecular flexibility index (Phi) is 3.12. The first-order chi connectivity index (χ1) is 7.81. The number of aliphatic hydroxyl groups excluding tert-OH is 1. The molecular formula is C12H12N2O2. The van der Waals surface area contributed by atoms with Gasteiger partial charge < -0.3 is 5.11 Å². The zero-order chi connectivity index (χ0) is 11.4. The molecule has 0 aliphatic heterocycles. The van der Waals surface area contributed by atoms with Crippen LogP contribution in [0.3, 0.4) is 0 Å². The molecule has 0 fully saturated rings. The monoisotopic (exact) mass is 216 g/mol. The molecule has 1 aromatic carbocycles. The van der Waals surface area contributed by atoms with Gasteiger partial charge in [0.1, 0.15) is 0 Å². The highest BCUT2D eigenvalue weighted by atomic mass is 16.3. The van der Waals surface area contributed by atoms with Crippen LogP contribution >= 0.6 is 0 Å². The summed E-state index contributed by atoms with van der Waals surface area (Å²) in [6, 6.07) is 10.7. The molecule has 82 valence electrons. The van der Waals surface area contributed by atoms with Gasteiger partial charge in [-0.2, -0.15) is 9.78 Å². The maximum Gasteiger partial charge on any atom is 0.271 e. The molecule has 2 aromatic rings. The molecule has 0 aliphatic rings. The number of hydrogen-bond donors (Lipinski definition) is 1. The summed E-state index contributed by atoms with van der Waals surface area (Å²) in [5.74, 6) is 0. The first kappa shape index (κ1) is 10.6. The van der Waals surface area contributed by atoms with E-state index in [-0.39, 0.29) is 12.2 Å². The van der Waals surface area contributed by atoms with E-state index in [1.54, 1.807) is 6.20 Å². The van der Waals surface area contributed by atoms with E-state index in [2.05, 4.69) is 5.10 Å².